The fourth-order valence-corrected chi connectivity index (χ4v) is 4.43. The number of hydrogen-bond acceptors (Lipinski definition) is 0. The van der Waals surface area contributed by atoms with E-state index >= 15 is 8.78 Å². The van der Waals surface area contributed by atoms with Crippen LogP contribution < -0.4 is 0 Å². The highest BCUT2D eigenvalue weighted by atomic mass is 19.2. The Hall–Kier alpha value is -3.52. The first-order chi connectivity index (χ1) is 13.7. The van der Waals surface area contributed by atoms with E-state index in [0.29, 0.717) is 10.8 Å². The first-order valence-corrected chi connectivity index (χ1v) is 9.26. The van der Waals surface area contributed by atoms with Gasteiger partial charge in [0.1, 0.15) is 0 Å². The summed E-state index contributed by atoms with van der Waals surface area (Å²) >= 11 is 0. The van der Waals surface area contributed by atoms with Crippen molar-refractivity contribution in [3.05, 3.63) is 96.6 Å². The molecule has 0 atom stereocenters. The summed E-state index contributed by atoms with van der Waals surface area (Å²) in [5.74, 6) is -1.56. The maximum absolute atomic E-state index is 15.4. The predicted molar refractivity (Wildman–Crippen MR) is 114 cm³/mol. The summed E-state index contributed by atoms with van der Waals surface area (Å²) in [6, 6.07) is 27.3. The molecule has 0 spiro atoms. The molecule has 0 aliphatic heterocycles. The molecule has 6 aromatic carbocycles. The molecule has 0 aliphatic carbocycles. The Kier molecular flexibility index (Phi) is 3.05. The predicted octanol–water partition coefficient (Wildman–Crippen LogP) is 7.73. The molecule has 2 heteroatoms. The number of benzene rings is 6. The first kappa shape index (κ1) is 15.5. The van der Waals surface area contributed by atoms with Crippen molar-refractivity contribution in [1.82, 2.24) is 0 Å². The minimum absolute atomic E-state index is 0.350. The van der Waals surface area contributed by atoms with E-state index in [9.17, 15) is 0 Å². The van der Waals surface area contributed by atoms with E-state index in [0.717, 1.165) is 43.1 Å². The van der Waals surface area contributed by atoms with Gasteiger partial charge in [0.05, 0.1) is 0 Å². The molecular weight excluding hydrogens is 350 g/mol. The largest absolute Gasteiger partial charge is 0.203 e. The monoisotopic (exact) mass is 364 g/mol. The van der Waals surface area contributed by atoms with Gasteiger partial charge in [-0.2, -0.15) is 0 Å². The highest BCUT2D eigenvalue weighted by Crippen LogP contribution is 2.39. The topological polar surface area (TPSA) is 0 Å². The second kappa shape index (κ2) is 5.49. The van der Waals surface area contributed by atoms with Crippen molar-refractivity contribution in [3.63, 3.8) is 0 Å². The van der Waals surface area contributed by atoms with Gasteiger partial charge in [0.15, 0.2) is 11.6 Å². The van der Waals surface area contributed by atoms with E-state index in [4.69, 9.17) is 0 Å². The zero-order chi connectivity index (χ0) is 18.8. The third-order valence-corrected chi connectivity index (χ3v) is 5.74. The van der Waals surface area contributed by atoms with Crippen LogP contribution in [0.3, 0.4) is 0 Å². The Labute approximate surface area is 159 Å². The number of hydrogen-bond donors (Lipinski definition) is 0. The van der Waals surface area contributed by atoms with E-state index in [2.05, 4.69) is 0 Å². The standard InChI is InChI=1S/C26H14F2/c27-25-23-19-8-4-3-5-15(19)9-11-20(23)21-12-10-18-13-16-6-1-2-7-17(16)14-22(18)24(21)26(25)28/h1-14H. The SMILES string of the molecule is Fc1c(F)c2c3cc4ccccc4cc3ccc2c2ccc3ccccc3c12. The Balaban J connectivity index is 1.89. The Morgan fingerprint density at radius 3 is 1.64 bits per heavy atom. The summed E-state index contributed by atoms with van der Waals surface area (Å²) in [7, 11) is 0. The van der Waals surface area contributed by atoms with Gasteiger partial charge in [-0.1, -0.05) is 72.8 Å². The lowest BCUT2D eigenvalue weighted by Gasteiger charge is -2.13. The smallest absolute Gasteiger partial charge is 0.167 e. The van der Waals surface area contributed by atoms with Gasteiger partial charge in [-0.25, -0.2) is 8.78 Å². The molecule has 0 N–H and O–H groups in total. The number of fused-ring (bicyclic) bond motifs is 8. The van der Waals surface area contributed by atoms with E-state index in [1.54, 1.807) is 0 Å². The Bertz CT molecular complexity index is 1580. The van der Waals surface area contributed by atoms with Crippen LogP contribution in [0.5, 0.6) is 0 Å². The Morgan fingerprint density at radius 2 is 0.929 bits per heavy atom. The quantitative estimate of drug-likeness (QED) is 0.191. The van der Waals surface area contributed by atoms with Crippen LogP contribution in [0.2, 0.25) is 0 Å². The zero-order valence-electron chi connectivity index (χ0n) is 14.8. The van der Waals surface area contributed by atoms with Gasteiger partial charge in [-0.15, -0.1) is 0 Å². The van der Waals surface area contributed by atoms with Crippen molar-refractivity contribution < 1.29 is 8.78 Å². The van der Waals surface area contributed by atoms with Crippen LogP contribution in [0.1, 0.15) is 0 Å². The van der Waals surface area contributed by atoms with Crippen LogP contribution in [0.25, 0.3) is 53.9 Å². The molecule has 0 saturated carbocycles. The van der Waals surface area contributed by atoms with E-state index in [1.165, 1.54) is 0 Å². The summed E-state index contributed by atoms with van der Waals surface area (Å²) in [5, 5.41) is 7.56. The molecule has 0 aliphatic rings. The fraction of sp³-hybridized carbons (Fsp3) is 0. The van der Waals surface area contributed by atoms with Crippen LogP contribution in [-0.2, 0) is 0 Å². The minimum Gasteiger partial charge on any atom is -0.203 e. The van der Waals surface area contributed by atoms with Crippen LogP contribution in [-0.4, -0.2) is 0 Å². The van der Waals surface area contributed by atoms with Crippen molar-refractivity contribution in [1.29, 1.82) is 0 Å². The van der Waals surface area contributed by atoms with Crippen molar-refractivity contribution in [2.24, 2.45) is 0 Å². The van der Waals surface area contributed by atoms with Gasteiger partial charge < -0.3 is 0 Å². The molecule has 132 valence electrons. The summed E-state index contributed by atoms with van der Waals surface area (Å²) in [6.07, 6.45) is 0. The van der Waals surface area contributed by atoms with Crippen LogP contribution >= 0.6 is 0 Å². The van der Waals surface area contributed by atoms with Crippen molar-refractivity contribution >= 4 is 53.9 Å². The molecule has 0 bridgehead atoms. The summed E-state index contributed by atoms with van der Waals surface area (Å²) in [4.78, 5) is 0. The van der Waals surface area contributed by atoms with Crippen LogP contribution in [0, 0.1) is 11.6 Å². The molecule has 0 amide bonds. The van der Waals surface area contributed by atoms with Crippen molar-refractivity contribution in [2.75, 3.05) is 0 Å². The first-order valence-electron chi connectivity index (χ1n) is 9.26. The molecular formula is C26H14F2. The molecule has 28 heavy (non-hydrogen) atoms. The second-order valence-corrected chi connectivity index (χ2v) is 7.25. The number of rotatable bonds is 0. The average Bonchev–Trinajstić information content (AvgIpc) is 2.74. The molecule has 0 unspecified atom stereocenters. The summed E-state index contributed by atoms with van der Waals surface area (Å²) in [5.41, 5.74) is 0. The molecule has 0 heterocycles. The fourth-order valence-electron chi connectivity index (χ4n) is 4.43. The third-order valence-electron chi connectivity index (χ3n) is 5.74. The Morgan fingerprint density at radius 1 is 0.393 bits per heavy atom. The van der Waals surface area contributed by atoms with E-state index < -0.39 is 11.6 Å². The van der Waals surface area contributed by atoms with Crippen LogP contribution in [0.4, 0.5) is 8.78 Å². The molecule has 6 aromatic rings. The van der Waals surface area contributed by atoms with Gasteiger partial charge in [-0.3, -0.25) is 0 Å². The molecule has 6 rings (SSSR count). The van der Waals surface area contributed by atoms with Gasteiger partial charge in [0.25, 0.3) is 0 Å². The maximum atomic E-state index is 15.4. The van der Waals surface area contributed by atoms with E-state index in [1.807, 2.05) is 84.9 Å². The lowest BCUT2D eigenvalue weighted by atomic mass is 9.92. The maximum Gasteiger partial charge on any atom is 0.167 e. The normalized spacial score (nSPS) is 11.9. The molecule has 0 fully saturated rings. The molecule has 0 nitrogen and oxygen atoms in total. The van der Waals surface area contributed by atoms with Crippen molar-refractivity contribution in [3.8, 4) is 0 Å². The van der Waals surface area contributed by atoms with E-state index in [-0.39, 0.29) is 0 Å². The molecule has 0 saturated heterocycles. The van der Waals surface area contributed by atoms with Gasteiger partial charge in [-0.05, 0) is 55.2 Å². The van der Waals surface area contributed by atoms with Gasteiger partial charge >= 0.3 is 0 Å². The average molecular weight is 364 g/mol. The summed E-state index contributed by atoms with van der Waals surface area (Å²) < 4.78 is 30.7. The van der Waals surface area contributed by atoms with Crippen LogP contribution in [0.15, 0.2) is 84.9 Å². The van der Waals surface area contributed by atoms with Gasteiger partial charge in [0, 0.05) is 10.8 Å². The minimum atomic E-state index is -0.778. The lowest BCUT2D eigenvalue weighted by Crippen LogP contribution is -1.93. The van der Waals surface area contributed by atoms with Crippen molar-refractivity contribution in [2.45, 2.75) is 0 Å². The lowest BCUT2D eigenvalue weighted by molar-refractivity contribution is 0.526. The highest BCUT2D eigenvalue weighted by Gasteiger charge is 2.18. The molecule has 0 radical (unpaired) electrons. The zero-order valence-corrected chi connectivity index (χ0v) is 14.8. The molecule has 0 aromatic heterocycles. The number of halogens is 2. The second-order valence-electron chi connectivity index (χ2n) is 7.25. The third kappa shape index (κ3) is 1.97. The highest BCUT2D eigenvalue weighted by molar-refractivity contribution is 6.23. The summed E-state index contributed by atoms with van der Waals surface area (Å²) in [6.45, 7) is 0. The van der Waals surface area contributed by atoms with Gasteiger partial charge in [0.2, 0.25) is 0 Å².